The number of pyridine rings is 1. The molecule has 0 atom stereocenters. The Kier molecular flexibility index (Phi) is 4.39. The van der Waals surface area contributed by atoms with Crippen molar-refractivity contribution in [1.29, 1.82) is 0 Å². The van der Waals surface area contributed by atoms with E-state index in [2.05, 4.69) is 9.97 Å². The average Bonchev–Trinajstić information content (AvgIpc) is 2.72. The van der Waals surface area contributed by atoms with Crippen LogP contribution in [0.2, 0.25) is 10.3 Å². The lowest BCUT2D eigenvalue weighted by atomic mass is 10.2. The van der Waals surface area contributed by atoms with E-state index < -0.39 is 0 Å². The number of aromatic nitrogens is 2. The molecule has 0 aliphatic heterocycles. The van der Waals surface area contributed by atoms with Gasteiger partial charge < -0.3 is 4.90 Å². The van der Waals surface area contributed by atoms with Crippen molar-refractivity contribution in [3.05, 3.63) is 44.1 Å². The van der Waals surface area contributed by atoms with Crippen LogP contribution in [-0.4, -0.2) is 27.8 Å². The predicted molar refractivity (Wildman–Crippen MR) is 76.9 cm³/mol. The third-order valence-corrected chi connectivity index (χ3v) is 3.89. The first-order valence-electron chi connectivity index (χ1n) is 5.45. The summed E-state index contributed by atoms with van der Waals surface area (Å²) in [5, 5.41) is 0.413. The Morgan fingerprint density at radius 2 is 2.00 bits per heavy atom. The standard InChI is InChI=1S/C12H11Cl2N3OS/c1-7-9(19-6-15-7)5-17(2)12(18)8-3-10(13)16-11(14)4-8/h3-4,6H,5H2,1-2H3. The van der Waals surface area contributed by atoms with Crippen LogP contribution in [0.3, 0.4) is 0 Å². The van der Waals surface area contributed by atoms with Crippen molar-refractivity contribution < 1.29 is 4.79 Å². The number of carbonyl (C=O) groups is 1. The second-order valence-corrected chi connectivity index (χ2v) is 5.74. The fraction of sp³-hybridized carbons (Fsp3) is 0.250. The fourth-order valence-corrected chi connectivity index (χ4v) is 2.86. The summed E-state index contributed by atoms with van der Waals surface area (Å²) in [7, 11) is 1.73. The van der Waals surface area contributed by atoms with Gasteiger partial charge in [0.05, 0.1) is 17.7 Å². The quantitative estimate of drug-likeness (QED) is 0.815. The maximum atomic E-state index is 12.3. The summed E-state index contributed by atoms with van der Waals surface area (Å²) in [6, 6.07) is 3.01. The van der Waals surface area contributed by atoms with Crippen LogP contribution in [0.25, 0.3) is 0 Å². The van der Waals surface area contributed by atoms with Crippen molar-refractivity contribution >= 4 is 40.4 Å². The number of amides is 1. The van der Waals surface area contributed by atoms with Crippen LogP contribution >= 0.6 is 34.5 Å². The zero-order valence-electron chi connectivity index (χ0n) is 10.4. The highest BCUT2D eigenvalue weighted by molar-refractivity contribution is 7.09. The van der Waals surface area contributed by atoms with E-state index in [0.29, 0.717) is 12.1 Å². The molecule has 2 rings (SSSR count). The molecule has 0 radical (unpaired) electrons. The first-order chi connectivity index (χ1) is 8.97. The average molecular weight is 316 g/mol. The third kappa shape index (κ3) is 3.43. The van der Waals surface area contributed by atoms with Gasteiger partial charge in [0.2, 0.25) is 0 Å². The number of rotatable bonds is 3. The molecule has 4 nitrogen and oxygen atoms in total. The number of thiazole rings is 1. The van der Waals surface area contributed by atoms with Crippen molar-refractivity contribution in [2.75, 3.05) is 7.05 Å². The summed E-state index contributed by atoms with van der Waals surface area (Å²) in [6.45, 7) is 2.43. The van der Waals surface area contributed by atoms with Crippen molar-refractivity contribution in [3.8, 4) is 0 Å². The molecule has 0 saturated carbocycles. The van der Waals surface area contributed by atoms with E-state index in [9.17, 15) is 4.79 Å². The summed E-state index contributed by atoms with van der Waals surface area (Å²) in [5.74, 6) is -0.154. The summed E-state index contributed by atoms with van der Waals surface area (Å²) < 4.78 is 0. The van der Waals surface area contributed by atoms with Gasteiger partial charge in [0.1, 0.15) is 10.3 Å². The van der Waals surface area contributed by atoms with Crippen LogP contribution in [0, 0.1) is 6.92 Å². The monoisotopic (exact) mass is 315 g/mol. The number of hydrogen-bond acceptors (Lipinski definition) is 4. The maximum absolute atomic E-state index is 12.3. The van der Waals surface area contributed by atoms with Gasteiger partial charge in [-0.1, -0.05) is 23.2 Å². The molecule has 0 fully saturated rings. The van der Waals surface area contributed by atoms with Gasteiger partial charge in [0, 0.05) is 17.5 Å². The number of nitrogens with zero attached hydrogens (tertiary/aromatic N) is 3. The van der Waals surface area contributed by atoms with Crippen molar-refractivity contribution in [1.82, 2.24) is 14.9 Å². The second kappa shape index (κ2) is 5.86. The molecule has 2 aromatic rings. The highest BCUT2D eigenvalue weighted by Gasteiger charge is 2.15. The molecule has 7 heteroatoms. The van der Waals surface area contributed by atoms with Crippen LogP contribution in [0.5, 0.6) is 0 Å². The van der Waals surface area contributed by atoms with E-state index >= 15 is 0 Å². The van der Waals surface area contributed by atoms with Gasteiger partial charge in [-0.2, -0.15) is 0 Å². The minimum atomic E-state index is -0.154. The number of hydrogen-bond donors (Lipinski definition) is 0. The molecule has 0 aliphatic rings. The molecule has 2 aromatic heterocycles. The van der Waals surface area contributed by atoms with Crippen molar-refractivity contribution in [2.24, 2.45) is 0 Å². The highest BCUT2D eigenvalue weighted by atomic mass is 35.5. The SMILES string of the molecule is Cc1ncsc1CN(C)C(=O)c1cc(Cl)nc(Cl)c1. The zero-order chi connectivity index (χ0) is 14.0. The van der Waals surface area contributed by atoms with E-state index in [0.717, 1.165) is 10.6 Å². The second-order valence-electron chi connectivity index (χ2n) is 4.02. The Labute approximate surface area is 125 Å². The Bertz CT molecular complexity index is 595. The number of carbonyl (C=O) groups excluding carboxylic acids is 1. The molecule has 19 heavy (non-hydrogen) atoms. The first kappa shape index (κ1) is 14.2. The topological polar surface area (TPSA) is 46.1 Å². The molecule has 0 aliphatic carbocycles. The maximum Gasteiger partial charge on any atom is 0.254 e. The highest BCUT2D eigenvalue weighted by Crippen LogP contribution is 2.18. The Morgan fingerprint density at radius 1 is 1.37 bits per heavy atom. The van der Waals surface area contributed by atoms with E-state index in [1.54, 1.807) is 17.5 Å². The van der Waals surface area contributed by atoms with Crippen LogP contribution in [0.1, 0.15) is 20.9 Å². The van der Waals surface area contributed by atoms with Crippen LogP contribution in [0.15, 0.2) is 17.6 Å². The fourth-order valence-electron chi connectivity index (χ4n) is 1.57. The Balaban J connectivity index is 2.17. The molecule has 100 valence electrons. The Morgan fingerprint density at radius 3 is 2.53 bits per heavy atom. The lowest BCUT2D eigenvalue weighted by Gasteiger charge is -2.16. The van der Waals surface area contributed by atoms with E-state index in [1.165, 1.54) is 23.5 Å². The molecule has 0 saturated heterocycles. The summed E-state index contributed by atoms with van der Waals surface area (Å²) in [4.78, 5) is 22.9. The van der Waals surface area contributed by atoms with E-state index in [-0.39, 0.29) is 16.2 Å². The van der Waals surface area contributed by atoms with Gasteiger partial charge in [0.25, 0.3) is 5.91 Å². The molecule has 0 spiro atoms. The zero-order valence-corrected chi connectivity index (χ0v) is 12.7. The van der Waals surface area contributed by atoms with Gasteiger partial charge in [-0.25, -0.2) is 9.97 Å². The molecule has 0 unspecified atom stereocenters. The molecule has 1 amide bonds. The van der Waals surface area contributed by atoms with Crippen molar-refractivity contribution in [3.63, 3.8) is 0 Å². The Hall–Kier alpha value is -1.17. The molecule has 0 bridgehead atoms. The van der Waals surface area contributed by atoms with Gasteiger partial charge in [0.15, 0.2) is 0 Å². The van der Waals surface area contributed by atoms with Crippen molar-refractivity contribution in [2.45, 2.75) is 13.5 Å². The molecular weight excluding hydrogens is 305 g/mol. The molecule has 2 heterocycles. The predicted octanol–water partition coefficient (Wildman–Crippen LogP) is 3.43. The smallest absolute Gasteiger partial charge is 0.254 e. The lowest BCUT2D eigenvalue weighted by molar-refractivity contribution is 0.0786. The van der Waals surface area contributed by atoms with E-state index in [4.69, 9.17) is 23.2 Å². The molecule has 0 aromatic carbocycles. The van der Waals surface area contributed by atoms with Gasteiger partial charge in [-0.3, -0.25) is 4.79 Å². The summed E-state index contributed by atoms with van der Waals surface area (Å²) in [6.07, 6.45) is 0. The van der Waals surface area contributed by atoms with Gasteiger partial charge >= 0.3 is 0 Å². The summed E-state index contributed by atoms with van der Waals surface area (Å²) in [5.41, 5.74) is 3.13. The largest absolute Gasteiger partial charge is 0.336 e. The van der Waals surface area contributed by atoms with Crippen LogP contribution in [-0.2, 0) is 6.54 Å². The first-order valence-corrected chi connectivity index (χ1v) is 7.08. The number of aryl methyl sites for hydroxylation is 1. The van der Waals surface area contributed by atoms with Crippen LogP contribution in [0.4, 0.5) is 0 Å². The van der Waals surface area contributed by atoms with Gasteiger partial charge in [-0.05, 0) is 19.1 Å². The number of halogens is 2. The molecule has 0 N–H and O–H groups in total. The van der Waals surface area contributed by atoms with Gasteiger partial charge in [-0.15, -0.1) is 11.3 Å². The van der Waals surface area contributed by atoms with E-state index in [1.807, 2.05) is 6.92 Å². The minimum absolute atomic E-state index is 0.154. The van der Waals surface area contributed by atoms with Crippen LogP contribution < -0.4 is 0 Å². The third-order valence-electron chi connectivity index (χ3n) is 2.58. The lowest BCUT2D eigenvalue weighted by Crippen LogP contribution is -2.26. The normalized spacial score (nSPS) is 10.5. The minimum Gasteiger partial charge on any atom is -0.336 e. The summed E-state index contributed by atoms with van der Waals surface area (Å²) >= 11 is 13.1. The molecular formula is C12H11Cl2N3OS.